The first-order chi connectivity index (χ1) is 8.49. The van der Waals surface area contributed by atoms with Crippen molar-refractivity contribution in [1.82, 2.24) is 0 Å². The Hall–Kier alpha value is -1.76. The number of aliphatic hydroxyl groups is 2. The lowest BCUT2D eigenvalue weighted by atomic mass is 9.98. The zero-order chi connectivity index (χ0) is 13.8. The number of benzene rings is 1. The Morgan fingerprint density at radius 2 is 2.11 bits per heavy atom. The highest BCUT2D eigenvalue weighted by Gasteiger charge is 2.43. The molecule has 0 saturated heterocycles. The molecule has 6 nitrogen and oxygen atoms in total. The van der Waals surface area contributed by atoms with E-state index in [9.17, 15) is 19.8 Å². The van der Waals surface area contributed by atoms with Crippen LogP contribution in [0.3, 0.4) is 0 Å². The monoisotopic (exact) mass is 254 g/mol. The minimum atomic E-state index is -2.27. The molecule has 0 aliphatic carbocycles. The molecule has 0 aliphatic heterocycles. The number of rotatable bonds is 5. The van der Waals surface area contributed by atoms with Crippen LogP contribution in [0.2, 0.25) is 0 Å². The van der Waals surface area contributed by atoms with Crippen molar-refractivity contribution in [3.05, 3.63) is 35.4 Å². The summed E-state index contributed by atoms with van der Waals surface area (Å²) < 4.78 is 9.14. The molecule has 18 heavy (non-hydrogen) atoms. The van der Waals surface area contributed by atoms with Crippen molar-refractivity contribution in [2.75, 3.05) is 14.2 Å². The topological polar surface area (TPSA) is 93.1 Å². The molecule has 6 heteroatoms. The number of carbonyl (C=O) groups is 2. The van der Waals surface area contributed by atoms with Gasteiger partial charge in [0, 0.05) is 18.2 Å². The highest BCUT2D eigenvalue weighted by Crippen LogP contribution is 2.27. The summed E-state index contributed by atoms with van der Waals surface area (Å²) in [6.07, 6.45) is -1.35. The number of aldehydes is 1. The molecule has 0 aliphatic rings. The number of ether oxygens (including phenoxy) is 2. The van der Waals surface area contributed by atoms with Gasteiger partial charge in [-0.3, -0.25) is 4.79 Å². The van der Waals surface area contributed by atoms with E-state index in [1.54, 1.807) is 0 Å². The molecule has 2 N–H and O–H groups in total. The van der Waals surface area contributed by atoms with E-state index in [1.165, 1.54) is 24.3 Å². The summed E-state index contributed by atoms with van der Waals surface area (Å²) in [4.78, 5) is 21.9. The Morgan fingerprint density at radius 3 is 2.61 bits per heavy atom. The van der Waals surface area contributed by atoms with Gasteiger partial charge in [-0.15, -0.1) is 0 Å². The third kappa shape index (κ3) is 2.56. The van der Waals surface area contributed by atoms with Gasteiger partial charge in [0.2, 0.25) is 11.9 Å². The molecule has 98 valence electrons. The van der Waals surface area contributed by atoms with Gasteiger partial charge in [-0.2, -0.15) is 0 Å². The van der Waals surface area contributed by atoms with E-state index >= 15 is 0 Å². The first kappa shape index (κ1) is 14.3. The number of esters is 1. The maximum atomic E-state index is 11.3. The minimum absolute atomic E-state index is 0.0764. The maximum absolute atomic E-state index is 11.3. The van der Waals surface area contributed by atoms with Crippen molar-refractivity contribution in [1.29, 1.82) is 0 Å². The van der Waals surface area contributed by atoms with Gasteiger partial charge in [0.15, 0.2) is 0 Å². The SMILES string of the molecule is COC(=O)C(O)C(O)(OC)c1cccc(C=O)c1. The largest absolute Gasteiger partial charge is 0.467 e. The molecular weight excluding hydrogens is 240 g/mol. The fourth-order valence-corrected chi connectivity index (χ4v) is 1.49. The van der Waals surface area contributed by atoms with Crippen LogP contribution < -0.4 is 0 Å². The van der Waals surface area contributed by atoms with Crippen molar-refractivity contribution in [3.8, 4) is 0 Å². The molecule has 0 radical (unpaired) electrons. The van der Waals surface area contributed by atoms with Crippen LogP contribution in [0.4, 0.5) is 0 Å². The van der Waals surface area contributed by atoms with E-state index in [4.69, 9.17) is 4.74 Å². The lowest BCUT2D eigenvalue weighted by Crippen LogP contribution is -2.46. The van der Waals surface area contributed by atoms with Gasteiger partial charge in [-0.05, 0) is 6.07 Å². The van der Waals surface area contributed by atoms with Gasteiger partial charge in [-0.1, -0.05) is 18.2 Å². The number of hydrogen-bond donors (Lipinski definition) is 2. The molecular formula is C12H14O6. The highest BCUT2D eigenvalue weighted by molar-refractivity contribution is 5.77. The van der Waals surface area contributed by atoms with Crippen LogP contribution >= 0.6 is 0 Å². The third-order valence-corrected chi connectivity index (χ3v) is 2.54. The Balaban J connectivity index is 3.21. The maximum Gasteiger partial charge on any atom is 0.340 e. The predicted molar refractivity (Wildman–Crippen MR) is 60.8 cm³/mol. The molecule has 0 aromatic heterocycles. The second kappa shape index (κ2) is 5.72. The zero-order valence-corrected chi connectivity index (χ0v) is 9.99. The molecule has 0 spiro atoms. The first-order valence-electron chi connectivity index (χ1n) is 5.08. The van der Waals surface area contributed by atoms with E-state index in [1.807, 2.05) is 0 Å². The van der Waals surface area contributed by atoms with E-state index in [0.717, 1.165) is 14.2 Å². The highest BCUT2D eigenvalue weighted by atomic mass is 16.6. The first-order valence-corrected chi connectivity index (χ1v) is 5.08. The lowest BCUT2D eigenvalue weighted by molar-refractivity contribution is -0.254. The van der Waals surface area contributed by atoms with Crippen LogP contribution in [-0.4, -0.2) is 42.8 Å². The molecule has 0 fully saturated rings. The van der Waals surface area contributed by atoms with E-state index in [-0.39, 0.29) is 11.1 Å². The van der Waals surface area contributed by atoms with E-state index in [0.29, 0.717) is 6.29 Å². The molecule has 2 unspecified atom stereocenters. The lowest BCUT2D eigenvalue weighted by Gasteiger charge is -2.30. The Labute approximate surface area is 104 Å². The normalized spacial score (nSPS) is 15.6. The van der Waals surface area contributed by atoms with Crippen molar-refractivity contribution < 1.29 is 29.3 Å². The average Bonchev–Trinajstić information content (AvgIpc) is 2.44. The summed E-state index contributed by atoms with van der Waals surface area (Å²) in [5.41, 5.74) is 0.354. The smallest absolute Gasteiger partial charge is 0.340 e. The summed E-state index contributed by atoms with van der Waals surface area (Å²) in [5, 5.41) is 19.9. The number of methoxy groups -OCH3 is 2. The summed E-state index contributed by atoms with van der Waals surface area (Å²) in [7, 11) is 2.20. The quantitative estimate of drug-likeness (QED) is 0.430. The molecule has 1 aromatic rings. The molecule has 0 bridgehead atoms. The van der Waals surface area contributed by atoms with E-state index < -0.39 is 17.9 Å². The molecule has 1 rings (SSSR count). The van der Waals surface area contributed by atoms with Crippen molar-refractivity contribution >= 4 is 12.3 Å². The van der Waals surface area contributed by atoms with Crippen LogP contribution in [-0.2, 0) is 20.1 Å². The Morgan fingerprint density at radius 1 is 1.44 bits per heavy atom. The van der Waals surface area contributed by atoms with Crippen LogP contribution in [0.15, 0.2) is 24.3 Å². The summed E-state index contributed by atoms with van der Waals surface area (Å²) in [6.45, 7) is 0. The van der Waals surface area contributed by atoms with Crippen LogP contribution in [0.5, 0.6) is 0 Å². The standard InChI is InChI=1S/C12H14O6/c1-17-11(15)10(14)12(16,18-2)9-5-3-4-8(6-9)7-13/h3-7,10,14,16H,1-2H3. The van der Waals surface area contributed by atoms with E-state index in [2.05, 4.69) is 4.74 Å². The van der Waals surface area contributed by atoms with Crippen LogP contribution in [0.1, 0.15) is 15.9 Å². The van der Waals surface area contributed by atoms with Crippen molar-refractivity contribution in [3.63, 3.8) is 0 Å². The fraction of sp³-hybridized carbons (Fsp3) is 0.333. The van der Waals surface area contributed by atoms with Crippen LogP contribution in [0, 0.1) is 0 Å². The summed E-state index contributed by atoms with van der Waals surface area (Å²) in [5.74, 6) is -3.32. The molecule has 2 atom stereocenters. The Bertz CT molecular complexity index is 444. The van der Waals surface area contributed by atoms with Gasteiger partial charge in [0.25, 0.3) is 0 Å². The van der Waals surface area contributed by atoms with Crippen molar-refractivity contribution in [2.24, 2.45) is 0 Å². The molecule has 0 heterocycles. The second-order valence-electron chi connectivity index (χ2n) is 3.57. The Kier molecular flexibility index (Phi) is 4.55. The van der Waals surface area contributed by atoms with Crippen molar-refractivity contribution in [2.45, 2.75) is 11.9 Å². The van der Waals surface area contributed by atoms with Crippen LogP contribution in [0.25, 0.3) is 0 Å². The average molecular weight is 254 g/mol. The zero-order valence-electron chi connectivity index (χ0n) is 9.99. The second-order valence-corrected chi connectivity index (χ2v) is 3.57. The fourth-order valence-electron chi connectivity index (χ4n) is 1.49. The van der Waals surface area contributed by atoms with Gasteiger partial charge < -0.3 is 19.7 Å². The minimum Gasteiger partial charge on any atom is -0.467 e. The molecule has 1 aromatic carbocycles. The molecule has 0 amide bonds. The van der Waals surface area contributed by atoms with Gasteiger partial charge >= 0.3 is 5.97 Å². The third-order valence-electron chi connectivity index (χ3n) is 2.54. The number of carbonyl (C=O) groups excluding carboxylic acids is 2. The number of hydrogen-bond acceptors (Lipinski definition) is 6. The predicted octanol–water partition coefficient (Wildman–Crippen LogP) is -0.176. The molecule has 0 saturated carbocycles. The van der Waals surface area contributed by atoms with Gasteiger partial charge in [0.05, 0.1) is 7.11 Å². The summed E-state index contributed by atoms with van der Waals surface area (Å²) >= 11 is 0. The van der Waals surface area contributed by atoms with Gasteiger partial charge in [0.1, 0.15) is 6.29 Å². The number of aliphatic hydroxyl groups excluding tert-OH is 1. The summed E-state index contributed by atoms with van der Waals surface area (Å²) in [6, 6.07) is 5.73. The van der Waals surface area contributed by atoms with Gasteiger partial charge in [-0.25, -0.2) is 4.79 Å².